The molecule has 0 saturated heterocycles. The third kappa shape index (κ3) is 2.79. The van der Waals surface area contributed by atoms with E-state index < -0.39 is 0 Å². The highest BCUT2D eigenvalue weighted by atomic mass is 15.0. The summed E-state index contributed by atoms with van der Waals surface area (Å²) >= 11 is 0. The summed E-state index contributed by atoms with van der Waals surface area (Å²) in [7, 11) is 0. The van der Waals surface area contributed by atoms with Crippen LogP contribution in [0.2, 0.25) is 0 Å². The molecule has 0 aliphatic heterocycles. The highest BCUT2D eigenvalue weighted by Gasteiger charge is 2.13. The van der Waals surface area contributed by atoms with E-state index in [2.05, 4.69) is 96.6 Å². The van der Waals surface area contributed by atoms with Crippen LogP contribution in [0, 0.1) is 0 Å². The summed E-state index contributed by atoms with van der Waals surface area (Å²) in [6.45, 7) is 8.71. The van der Waals surface area contributed by atoms with Crippen molar-refractivity contribution in [2.24, 2.45) is 0 Å². The van der Waals surface area contributed by atoms with E-state index in [1.165, 1.54) is 21.8 Å². The van der Waals surface area contributed by atoms with Gasteiger partial charge in [-0.1, -0.05) is 98.1 Å². The quantitative estimate of drug-likeness (QED) is 0.347. The zero-order valence-electron chi connectivity index (χ0n) is 16.2. The molecule has 0 saturated carbocycles. The van der Waals surface area contributed by atoms with Crippen LogP contribution in [-0.2, 0) is 0 Å². The zero-order chi connectivity index (χ0) is 19.8. The predicted octanol–water partition coefficient (Wildman–Crippen LogP) is 5.88. The van der Waals surface area contributed by atoms with Crippen molar-refractivity contribution >= 4 is 45.7 Å². The topological polar surface area (TPSA) is 4.93 Å². The van der Waals surface area contributed by atoms with Crippen molar-refractivity contribution in [1.82, 2.24) is 4.57 Å². The number of hydrogen-bond donors (Lipinski definition) is 0. The second kappa shape index (κ2) is 6.96. The number of para-hydroxylation sites is 2. The smallest absolute Gasteiger partial charge is 0.0546 e. The van der Waals surface area contributed by atoms with Gasteiger partial charge in [0.05, 0.1) is 16.7 Å². The van der Waals surface area contributed by atoms with Crippen LogP contribution in [-0.4, -0.2) is 4.57 Å². The van der Waals surface area contributed by atoms with Gasteiger partial charge in [0, 0.05) is 16.2 Å². The molecule has 0 aliphatic carbocycles. The molecule has 29 heavy (non-hydrogen) atoms. The molecule has 0 aliphatic rings. The van der Waals surface area contributed by atoms with E-state index in [1.807, 2.05) is 24.3 Å². The van der Waals surface area contributed by atoms with Crippen molar-refractivity contribution in [2.75, 3.05) is 0 Å². The number of rotatable bonds is 1. The lowest BCUT2D eigenvalue weighted by atomic mass is 10.1. The summed E-state index contributed by atoms with van der Waals surface area (Å²) in [6.07, 6.45) is 0. The first-order valence-corrected chi connectivity index (χ1v) is 9.77. The third-order valence-electron chi connectivity index (χ3n) is 5.46. The SMILES string of the molecule is C=c1ccccccc(=C)c2c(-n3c4ccccc4c4ccccc43)cccc12. The van der Waals surface area contributed by atoms with Gasteiger partial charge in [0.25, 0.3) is 0 Å². The first-order valence-electron chi connectivity index (χ1n) is 9.77. The Balaban J connectivity index is 2.07. The van der Waals surface area contributed by atoms with Crippen LogP contribution in [0.15, 0.2) is 103 Å². The predicted molar refractivity (Wildman–Crippen MR) is 126 cm³/mol. The normalized spacial score (nSPS) is 11.0. The largest absolute Gasteiger partial charge is 0.309 e. The van der Waals surface area contributed by atoms with E-state index in [4.69, 9.17) is 0 Å². The van der Waals surface area contributed by atoms with Crippen molar-refractivity contribution in [3.63, 3.8) is 0 Å². The molecule has 5 rings (SSSR count). The summed E-state index contributed by atoms with van der Waals surface area (Å²) in [5.74, 6) is 0. The lowest BCUT2D eigenvalue weighted by molar-refractivity contribution is 1.20. The molecule has 0 fully saturated rings. The molecule has 1 heteroatoms. The van der Waals surface area contributed by atoms with Gasteiger partial charge in [-0.15, -0.1) is 0 Å². The van der Waals surface area contributed by atoms with Crippen LogP contribution in [0.5, 0.6) is 0 Å². The van der Waals surface area contributed by atoms with Crippen molar-refractivity contribution < 1.29 is 0 Å². The second-order valence-electron chi connectivity index (χ2n) is 7.22. The van der Waals surface area contributed by atoms with Gasteiger partial charge in [-0.25, -0.2) is 0 Å². The molecule has 0 radical (unpaired) electrons. The van der Waals surface area contributed by atoms with Crippen LogP contribution in [0.1, 0.15) is 0 Å². The number of benzene rings is 3. The van der Waals surface area contributed by atoms with E-state index in [0.717, 1.165) is 26.9 Å². The van der Waals surface area contributed by atoms with Crippen molar-refractivity contribution in [3.05, 3.63) is 114 Å². The van der Waals surface area contributed by atoms with Crippen LogP contribution in [0.4, 0.5) is 0 Å². The molecule has 138 valence electrons. The molecule has 1 nitrogen and oxygen atoms in total. The van der Waals surface area contributed by atoms with Crippen LogP contribution < -0.4 is 10.4 Å². The van der Waals surface area contributed by atoms with Crippen LogP contribution in [0.3, 0.4) is 0 Å². The molecule has 0 atom stereocenters. The molecule has 5 aromatic rings. The molecule has 0 bridgehead atoms. The Morgan fingerprint density at radius 2 is 0.966 bits per heavy atom. The summed E-state index contributed by atoms with van der Waals surface area (Å²) in [6, 6.07) is 35.8. The lowest BCUT2D eigenvalue weighted by Gasteiger charge is -2.11. The van der Waals surface area contributed by atoms with E-state index in [1.54, 1.807) is 0 Å². The second-order valence-corrected chi connectivity index (χ2v) is 7.22. The van der Waals surface area contributed by atoms with Gasteiger partial charge < -0.3 is 4.57 Å². The first-order chi connectivity index (χ1) is 14.3. The monoisotopic (exact) mass is 371 g/mol. The van der Waals surface area contributed by atoms with Gasteiger partial charge in [0.15, 0.2) is 0 Å². The number of fused-ring (bicyclic) bond motifs is 4. The van der Waals surface area contributed by atoms with Gasteiger partial charge in [0.2, 0.25) is 0 Å². The minimum absolute atomic E-state index is 0.971. The Labute approximate surface area is 169 Å². The standard InChI is InChI=1S/C28H21N/c1-20-12-5-3-4-6-13-21(2)28-22(20)16-11-19-27(28)29-25-17-9-7-14-23(25)24-15-8-10-18-26(24)29/h3-19H,1-2H2. The van der Waals surface area contributed by atoms with Crippen molar-refractivity contribution in [3.8, 4) is 5.69 Å². The highest BCUT2D eigenvalue weighted by Crippen LogP contribution is 2.33. The number of nitrogens with zero attached hydrogens (tertiary/aromatic N) is 1. The Bertz CT molecular complexity index is 1480. The Morgan fingerprint density at radius 1 is 0.448 bits per heavy atom. The van der Waals surface area contributed by atoms with Gasteiger partial charge in [-0.05, 0) is 34.0 Å². The molecular weight excluding hydrogens is 350 g/mol. The maximum atomic E-state index is 4.40. The summed E-state index contributed by atoms with van der Waals surface area (Å²) < 4.78 is 2.35. The molecule has 0 amide bonds. The van der Waals surface area contributed by atoms with E-state index in [0.29, 0.717) is 0 Å². The zero-order valence-corrected chi connectivity index (χ0v) is 16.2. The molecule has 1 heterocycles. The van der Waals surface area contributed by atoms with Gasteiger partial charge in [-0.2, -0.15) is 0 Å². The lowest BCUT2D eigenvalue weighted by Crippen LogP contribution is -2.07. The third-order valence-corrected chi connectivity index (χ3v) is 5.46. The molecule has 0 N–H and O–H groups in total. The average Bonchev–Trinajstić information content (AvgIpc) is 3.09. The minimum atomic E-state index is 0.971. The molecule has 0 spiro atoms. The first kappa shape index (κ1) is 17.3. The molecular formula is C28H21N. The Hall–Kier alpha value is -3.84. The van der Waals surface area contributed by atoms with Crippen LogP contribution >= 0.6 is 0 Å². The minimum Gasteiger partial charge on any atom is -0.309 e. The summed E-state index contributed by atoms with van der Waals surface area (Å²) in [5.41, 5.74) is 3.50. The summed E-state index contributed by atoms with van der Waals surface area (Å²) in [5, 5.41) is 6.67. The number of hydrogen-bond acceptors (Lipinski definition) is 0. The van der Waals surface area contributed by atoms with Gasteiger partial charge in [-0.3, -0.25) is 0 Å². The highest BCUT2D eigenvalue weighted by molar-refractivity contribution is 6.10. The van der Waals surface area contributed by atoms with Crippen LogP contribution in [0.25, 0.3) is 51.4 Å². The molecule has 0 unspecified atom stereocenters. The van der Waals surface area contributed by atoms with Gasteiger partial charge in [0.1, 0.15) is 0 Å². The van der Waals surface area contributed by atoms with E-state index >= 15 is 0 Å². The maximum Gasteiger partial charge on any atom is 0.0546 e. The Morgan fingerprint density at radius 3 is 1.62 bits per heavy atom. The molecule has 4 aromatic carbocycles. The maximum absolute atomic E-state index is 4.40. The fourth-order valence-corrected chi connectivity index (χ4v) is 4.16. The fraction of sp³-hybridized carbons (Fsp3) is 0. The van der Waals surface area contributed by atoms with Crippen molar-refractivity contribution in [1.29, 1.82) is 0 Å². The van der Waals surface area contributed by atoms with E-state index in [-0.39, 0.29) is 0 Å². The Kier molecular flexibility index (Phi) is 4.14. The van der Waals surface area contributed by atoms with Crippen molar-refractivity contribution in [2.45, 2.75) is 0 Å². The summed E-state index contributed by atoms with van der Waals surface area (Å²) in [4.78, 5) is 0. The van der Waals surface area contributed by atoms with Gasteiger partial charge >= 0.3 is 0 Å². The number of aromatic nitrogens is 1. The average molecular weight is 371 g/mol. The fourth-order valence-electron chi connectivity index (χ4n) is 4.16. The molecule has 1 aromatic heterocycles. The van der Waals surface area contributed by atoms with E-state index in [9.17, 15) is 0 Å².